The van der Waals surface area contributed by atoms with E-state index >= 15 is 0 Å². The quantitative estimate of drug-likeness (QED) is 0.705. The number of nitrogens with one attached hydrogen (secondary N) is 1. The predicted octanol–water partition coefficient (Wildman–Crippen LogP) is -0.172. The number of hydrogen-bond acceptors (Lipinski definition) is 5. The third-order valence-electron chi connectivity index (χ3n) is 2.10. The molecular weight excluding hydrogens is 240 g/mol. The van der Waals surface area contributed by atoms with Crippen LogP contribution in [-0.4, -0.2) is 41.1 Å². The van der Waals surface area contributed by atoms with Crippen molar-refractivity contribution in [3.8, 4) is 0 Å². The van der Waals surface area contributed by atoms with Crippen molar-refractivity contribution < 1.29 is 24.2 Å². The number of carboxylic acid groups (broad SMARTS) is 1. The number of methoxy groups -OCH3 is 1. The second-order valence-electron chi connectivity index (χ2n) is 3.36. The Morgan fingerprint density at radius 1 is 1.44 bits per heavy atom. The minimum atomic E-state index is -1.34. The summed E-state index contributed by atoms with van der Waals surface area (Å²) in [4.78, 5) is 37.3. The van der Waals surface area contributed by atoms with Gasteiger partial charge in [-0.3, -0.25) is 14.6 Å². The van der Waals surface area contributed by atoms with Gasteiger partial charge in [0.1, 0.15) is 11.7 Å². The average Bonchev–Trinajstić information content (AvgIpc) is 2.38. The summed E-state index contributed by atoms with van der Waals surface area (Å²) in [5, 5.41) is 11.1. The van der Waals surface area contributed by atoms with E-state index in [1.165, 1.54) is 12.3 Å². The van der Waals surface area contributed by atoms with Crippen LogP contribution < -0.4 is 5.32 Å². The molecule has 0 aliphatic carbocycles. The fourth-order valence-corrected chi connectivity index (χ4v) is 1.18. The maximum absolute atomic E-state index is 11.6. The molecule has 0 aromatic carbocycles. The molecular formula is C11H12N2O5. The molecule has 7 nitrogen and oxygen atoms in total. The largest absolute Gasteiger partial charge is 0.480 e. The highest BCUT2D eigenvalue weighted by Crippen LogP contribution is 1.99. The summed E-state index contributed by atoms with van der Waals surface area (Å²) in [6, 6.07) is 3.32. The number of carbonyl (C=O) groups excluding carboxylic acids is 2. The molecule has 0 bridgehead atoms. The molecule has 1 amide bonds. The molecule has 96 valence electrons. The number of ether oxygens (including phenoxy) is 1. The number of pyridine rings is 1. The lowest BCUT2D eigenvalue weighted by molar-refractivity contribution is -0.147. The van der Waals surface area contributed by atoms with Gasteiger partial charge in [-0.1, -0.05) is 6.07 Å². The number of esters is 1. The van der Waals surface area contributed by atoms with Gasteiger partial charge < -0.3 is 15.2 Å². The molecule has 0 unspecified atom stereocenters. The Bertz CT molecular complexity index is 446. The molecule has 1 heterocycles. The third kappa shape index (κ3) is 3.85. The maximum Gasteiger partial charge on any atom is 0.326 e. The van der Waals surface area contributed by atoms with Crippen molar-refractivity contribution in [1.82, 2.24) is 10.3 Å². The van der Waals surface area contributed by atoms with Gasteiger partial charge in [0.25, 0.3) is 5.91 Å². The van der Waals surface area contributed by atoms with Crippen LogP contribution in [0, 0.1) is 0 Å². The van der Waals surface area contributed by atoms with Gasteiger partial charge in [-0.15, -0.1) is 0 Å². The normalized spacial score (nSPS) is 11.4. The number of hydrogen-bond donors (Lipinski definition) is 2. The zero-order valence-corrected chi connectivity index (χ0v) is 9.62. The van der Waals surface area contributed by atoms with Crippen molar-refractivity contribution in [3.63, 3.8) is 0 Å². The summed E-state index contributed by atoms with van der Waals surface area (Å²) >= 11 is 0. The molecule has 2 N–H and O–H groups in total. The highest BCUT2D eigenvalue weighted by atomic mass is 16.5. The number of nitrogens with zero attached hydrogens (tertiary/aromatic N) is 1. The molecule has 0 spiro atoms. The van der Waals surface area contributed by atoms with Crippen molar-refractivity contribution in [2.75, 3.05) is 7.11 Å². The van der Waals surface area contributed by atoms with Crippen molar-refractivity contribution in [3.05, 3.63) is 30.1 Å². The van der Waals surface area contributed by atoms with Crippen molar-refractivity contribution >= 4 is 17.8 Å². The van der Waals surface area contributed by atoms with Crippen LogP contribution >= 0.6 is 0 Å². The minimum Gasteiger partial charge on any atom is -0.480 e. The van der Waals surface area contributed by atoms with E-state index in [4.69, 9.17) is 5.11 Å². The Kier molecular flexibility index (Phi) is 4.79. The molecule has 0 saturated carbocycles. The van der Waals surface area contributed by atoms with Crippen molar-refractivity contribution in [1.29, 1.82) is 0 Å². The summed E-state index contributed by atoms with van der Waals surface area (Å²) in [7, 11) is 1.14. The SMILES string of the molecule is COC(=O)C[C@H](NC(=O)c1ccccn1)C(=O)O. The molecule has 1 atom stereocenters. The maximum atomic E-state index is 11.6. The number of amides is 1. The van der Waals surface area contributed by atoms with E-state index in [-0.39, 0.29) is 5.69 Å². The van der Waals surface area contributed by atoms with E-state index in [0.29, 0.717) is 0 Å². The third-order valence-corrected chi connectivity index (χ3v) is 2.10. The Morgan fingerprint density at radius 2 is 2.17 bits per heavy atom. The highest BCUT2D eigenvalue weighted by molar-refractivity contribution is 5.95. The van der Waals surface area contributed by atoms with E-state index < -0.39 is 30.3 Å². The molecule has 0 aliphatic rings. The lowest BCUT2D eigenvalue weighted by Crippen LogP contribution is -2.42. The molecule has 1 aromatic heterocycles. The Balaban J connectivity index is 2.70. The van der Waals surface area contributed by atoms with Gasteiger partial charge in [0.15, 0.2) is 0 Å². The van der Waals surface area contributed by atoms with Crippen molar-refractivity contribution in [2.45, 2.75) is 12.5 Å². The monoisotopic (exact) mass is 252 g/mol. The van der Waals surface area contributed by atoms with Gasteiger partial charge in [0.2, 0.25) is 0 Å². The number of rotatable bonds is 5. The lowest BCUT2D eigenvalue weighted by atomic mass is 10.2. The molecule has 7 heteroatoms. The van der Waals surface area contributed by atoms with Gasteiger partial charge in [-0.2, -0.15) is 0 Å². The first kappa shape index (κ1) is 13.6. The summed E-state index contributed by atoms with van der Waals surface area (Å²) in [5.41, 5.74) is 0.0774. The first-order chi connectivity index (χ1) is 8.54. The van der Waals surface area contributed by atoms with Crippen LogP contribution in [0.3, 0.4) is 0 Å². The average molecular weight is 252 g/mol. The first-order valence-electron chi connectivity index (χ1n) is 5.06. The van der Waals surface area contributed by atoms with Gasteiger partial charge in [-0.25, -0.2) is 4.79 Å². The number of aliphatic carboxylic acids is 1. The zero-order chi connectivity index (χ0) is 13.5. The van der Waals surface area contributed by atoms with Crippen molar-refractivity contribution in [2.24, 2.45) is 0 Å². The zero-order valence-electron chi connectivity index (χ0n) is 9.62. The van der Waals surface area contributed by atoms with Crippen LogP contribution in [0.1, 0.15) is 16.9 Å². The Labute approximate surface area is 103 Å². The lowest BCUT2D eigenvalue weighted by Gasteiger charge is -2.12. The molecule has 0 saturated heterocycles. The van der Waals surface area contributed by atoms with Crippen LogP contribution in [0.2, 0.25) is 0 Å². The number of aromatic nitrogens is 1. The van der Waals surface area contributed by atoms with E-state index in [1.807, 2.05) is 0 Å². The van der Waals surface area contributed by atoms with Gasteiger partial charge in [0, 0.05) is 6.20 Å². The van der Waals surface area contributed by atoms with Crippen LogP contribution in [-0.2, 0) is 14.3 Å². The van der Waals surface area contributed by atoms with Gasteiger partial charge in [-0.05, 0) is 12.1 Å². The van der Waals surface area contributed by atoms with E-state index in [9.17, 15) is 14.4 Å². The second kappa shape index (κ2) is 6.33. The van der Waals surface area contributed by atoms with Crippen LogP contribution in [0.4, 0.5) is 0 Å². The predicted molar refractivity (Wildman–Crippen MR) is 59.8 cm³/mol. The van der Waals surface area contributed by atoms with E-state index in [1.54, 1.807) is 12.1 Å². The fraction of sp³-hybridized carbons (Fsp3) is 0.273. The van der Waals surface area contributed by atoms with Crippen LogP contribution in [0.15, 0.2) is 24.4 Å². The molecule has 18 heavy (non-hydrogen) atoms. The van der Waals surface area contributed by atoms with Crippen LogP contribution in [0.25, 0.3) is 0 Å². The van der Waals surface area contributed by atoms with Crippen LogP contribution in [0.5, 0.6) is 0 Å². The molecule has 1 rings (SSSR count). The van der Waals surface area contributed by atoms with Gasteiger partial charge >= 0.3 is 11.9 Å². The number of carboxylic acids is 1. The topological polar surface area (TPSA) is 106 Å². The Morgan fingerprint density at radius 3 is 2.67 bits per heavy atom. The highest BCUT2D eigenvalue weighted by Gasteiger charge is 2.24. The number of carbonyl (C=O) groups is 3. The van der Waals surface area contributed by atoms with E-state index in [0.717, 1.165) is 7.11 Å². The Hall–Kier alpha value is -2.44. The minimum absolute atomic E-state index is 0.0774. The van der Waals surface area contributed by atoms with Gasteiger partial charge in [0.05, 0.1) is 13.5 Å². The summed E-state index contributed by atoms with van der Waals surface area (Å²) in [6.45, 7) is 0. The second-order valence-corrected chi connectivity index (χ2v) is 3.36. The molecule has 0 aliphatic heterocycles. The molecule has 0 fully saturated rings. The smallest absolute Gasteiger partial charge is 0.326 e. The summed E-state index contributed by atoms with van der Waals surface area (Å²) in [5.74, 6) is -2.69. The first-order valence-corrected chi connectivity index (χ1v) is 5.06. The standard InChI is InChI=1S/C11H12N2O5/c1-18-9(14)6-8(11(16)17)13-10(15)7-4-2-3-5-12-7/h2-5,8H,6H2,1H3,(H,13,15)(H,16,17)/t8-/m0/s1. The van der Waals surface area contributed by atoms with E-state index in [2.05, 4.69) is 15.0 Å². The summed E-state index contributed by atoms with van der Waals surface area (Å²) in [6.07, 6.45) is 0.968. The summed E-state index contributed by atoms with van der Waals surface area (Å²) < 4.78 is 4.35. The fourth-order valence-electron chi connectivity index (χ4n) is 1.18. The molecule has 1 aromatic rings. The molecule has 0 radical (unpaired) electrons.